The normalized spacial score (nSPS) is 14.0. The van der Waals surface area contributed by atoms with E-state index in [4.69, 9.17) is 11.0 Å². The van der Waals surface area contributed by atoms with Gasteiger partial charge in [-0.05, 0) is 35.4 Å². The summed E-state index contributed by atoms with van der Waals surface area (Å²) < 4.78 is 13.9. The number of hydrogen-bond acceptors (Lipinski definition) is 3. The van der Waals surface area contributed by atoms with Crippen molar-refractivity contribution in [3.05, 3.63) is 64.5 Å². The van der Waals surface area contributed by atoms with Gasteiger partial charge >= 0.3 is 0 Å². The second-order valence-electron chi connectivity index (χ2n) is 5.09. The van der Waals surface area contributed by atoms with E-state index < -0.39 is 0 Å². The number of nitrogens with zero attached hydrogens (tertiary/aromatic N) is 2. The molecule has 1 heterocycles. The van der Waals surface area contributed by atoms with Crippen molar-refractivity contribution < 1.29 is 4.39 Å². The number of anilines is 1. The molecule has 0 saturated carbocycles. The molecule has 3 nitrogen and oxygen atoms in total. The van der Waals surface area contributed by atoms with E-state index in [9.17, 15) is 4.39 Å². The lowest BCUT2D eigenvalue weighted by atomic mass is 10.1. The van der Waals surface area contributed by atoms with Crippen LogP contribution in [-0.4, -0.2) is 4.90 Å². The molecule has 0 bridgehead atoms. The van der Waals surface area contributed by atoms with Gasteiger partial charge in [-0.15, -0.1) is 0 Å². The van der Waals surface area contributed by atoms with Crippen molar-refractivity contribution >= 4 is 5.69 Å². The Labute approximate surface area is 117 Å². The molecule has 0 unspecified atom stereocenters. The van der Waals surface area contributed by atoms with Gasteiger partial charge in [0.1, 0.15) is 5.82 Å². The van der Waals surface area contributed by atoms with Crippen molar-refractivity contribution in [2.45, 2.75) is 19.6 Å². The van der Waals surface area contributed by atoms with Gasteiger partial charge < -0.3 is 5.73 Å². The third-order valence-electron chi connectivity index (χ3n) is 3.59. The molecule has 4 heteroatoms. The Hall–Kier alpha value is -2.38. The van der Waals surface area contributed by atoms with Gasteiger partial charge in [-0.1, -0.05) is 12.1 Å². The first kappa shape index (κ1) is 12.6. The van der Waals surface area contributed by atoms with Gasteiger partial charge in [0.05, 0.1) is 11.6 Å². The molecule has 2 N–H and O–H groups in total. The highest BCUT2D eigenvalue weighted by atomic mass is 19.1. The molecule has 20 heavy (non-hydrogen) atoms. The molecule has 0 atom stereocenters. The third-order valence-corrected chi connectivity index (χ3v) is 3.59. The molecule has 0 fully saturated rings. The number of benzene rings is 2. The van der Waals surface area contributed by atoms with Gasteiger partial charge in [-0.3, -0.25) is 4.90 Å². The standard InChI is InChI=1S/C16H14FN3/c17-16-5-11(7-18)1-2-13(16)9-20-8-12-3-4-15(19)6-14(12)10-20/h1-6H,8-10,19H2. The first-order valence-corrected chi connectivity index (χ1v) is 6.44. The van der Waals surface area contributed by atoms with Crippen LogP contribution in [0, 0.1) is 17.1 Å². The summed E-state index contributed by atoms with van der Waals surface area (Å²) in [5.74, 6) is -0.320. The van der Waals surface area contributed by atoms with Crippen LogP contribution in [0.4, 0.5) is 10.1 Å². The highest BCUT2D eigenvalue weighted by Crippen LogP contribution is 2.26. The summed E-state index contributed by atoms with van der Waals surface area (Å²) in [6.07, 6.45) is 0. The summed E-state index contributed by atoms with van der Waals surface area (Å²) in [5, 5.41) is 8.74. The average Bonchev–Trinajstić information content (AvgIpc) is 2.82. The fourth-order valence-electron chi connectivity index (χ4n) is 2.58. The van der Waals surface area contributed by atoms with Crippen LogP contribution in [0.3, 0.4) is 0 Å². The van der Waals surface area contributed by atoms with Crippen LogP contribution in [0.25, 0.3) is 0 Å². The predicted molar refractivity (Wildman–Crippen MR) is 74.9 cm³/mol. The highest BCUT2D eigenvalue weighted by molar-refractivity contribution is 5.46. The van der Waals surface area contributed by atoms with Gasteiger partial charge in [0, 0.05) is 30.9 Å². The SMILES string of the molecule is N#Cc1ccc(CN2Cc3ccc(N)cc3C2)c(F)c1. The van der Waals surface area contributed by atoms with Crippen molar-refractivity contribution in [3.8, 4) is 6.07 Å². The van der Waals surface area contributed by atoms with E-state index in [1.54, 1.807) is 12.1 Å². The molecule has 3 rings (SSSR count). The highest BCUT2D eigenvalue weighted by Gasteiger charge is 2.20. The van der Waals surface area contributed by atoms with E-state index in [0.29, 0.717) is 17.7 Å². The molecular weight excluding hydrogens is 253 g/mol. The monoisotopic (exact) mass is 267 g/mol. The van der Waals surface area contributed by atoms with Crippen molar-refractivity contribution in [1.82, 2.24) is 4.90 Å². The molecule has 0 aromatic heterocycles. The molecule has 0 amide bonds. The Morgan fingerprint density at radius 1 is 1.15 bits per heavy atom. The first-order valence-electron chi connectivity index (χ1n) is 6.44. The van der Waals surface area contributed by atoms with Gasteiger partial charge in [0.2, 0.25) is 0 Å². The molecule has 100 valence electrons. The summed E-state index contributed by atoms with van der Waals surface area (Å²) in [5.41, 5.74) is 9.95. The number of nitrogens with two attached hydrogens (primary N) is 1. The molecule has 0 aliphatic carbocycles. The molecule has 0 radical (unpaired) electrons. The van der Waals surface area contributed by atoms with Crippen molar-refractivity contribution in [3.63, 3.8) is 0 Å². The van der Waals surface area contributed by atoms with E-state index in [2.05, 4.69) is 4.90 Å². The third kappa shape index (κ3) is 2.36. The van der Waals surface area contributed by atoms with Crippen LogP contribution in [0.15, 0.2) is 36.4 Å². The van der Waals surface area contributed by atoms with E-state index in [-0.39, 0.29) is 5.82 Å². The van der Waals surface area contributed by atoms with Crippen LogP contribution in [0.5, 0.6) is 0 Å². The fourth-order valence-corrected chi connectivity index (χ4v) is 2.58. The van der Waals surface area contributed by atoms with E-state index in [1.807, 2.05) is 24.3 Å². The maximum atomic E-state index is 13.9. The zero-order valence-electron chi connectivity index (χ0n) is 10.9. The zero-order chi connectivity index (χ0) is 14.1. The number of halogens is 1. The quantitative estimate of drug-likeness (QED) is 0.851. The molecule has 2 aromatic rings. The second-order valence-corrected chi connectivity index (χ2v) is 5.09. The number of nitriles is 1. The first-order chi connectivity index (χ1) is 9.65. The lowest BCUT2D eigenvalue weighted by Crippen LogP contribution is -2.16. The van der Waals surface area contributed by atoms with Crippen LogP contribution in [0.1, 0.15) is 22.3 Å². The topological polar surface area (TPSA) is 53.0 Å². The average molecular weight is 267 g/mol. The fraction of sp³-hybridized carbons (Fsp3) is 0.188. The summed E-state index contributed by atoms with van der Waals surface area (Å²) >= 11 is 0. The number of rotatable bonds is 2. The van der Waals surface area contributed by atoms with E-state index in [1.165, 1.54) is 17.2 Å². The minimum absolute atomic E-state index is 0.320. The van der Waals surface area contributed by atoms with E-state index in [0.717, 1.165) is 18.8 Å². The lowest BCUT2D eigenvalue weighted by molar-refractivity contribution is 0.271. The Morgan fingerprint density at radius 2 is 1.95 bits per heavy atom. The summed E-state index contributed by atoms with van der Waals surface area (Å²) in [4.78, 5) is 2.16. The maximum Gasteiger partial charge on any atom is 0.129 e. The zero-order valence-corrected chi connectivity index (χ0v) is 10.9. The van der Waals surface area contributed by atoms with Crippen LogP contribution >= 0.6 is 0 Å². The minimum atomic E-state index is -0.320. The molecule has 1 aliphatic heterocycles. The Bertz CT molecular complexity index is 703. The largest absolute Gasteiger partial charge is 0.399 e. The summed E-state index contributed by atoms with van der Waals surface area (Å²) in [7, 11) is 0. The Kier molecular flexibility index (Phi) is 3.13. The van der Waals surface area contributed by atoms with Gasteiger partial charge in [-0.25, -0.2) is 4.39 Å². The smallest absolute Gasteiger partial charge is 0.129 e. The Balaban J connectivity index is 1.76. The molecule has 2 aromatic carbocycles. The van der Waals surface area contributed by atoms with Crippen molar-refractivity contribution in [1.29, 1.82) is 5.26 Å². The second kappa shape index (κ2) is 4.95. The molecule has 0 saturated heterocycles. The number of fused-ring (bicyclic) bond motifs is 1. The summed E-state index contributed by atoms with van der Waals surface area (Å²) in [6, 6.07) is 12.5. The number of nitrogen functional groups attached to an aromatic ring is 1. The lowest BCUT2D eigenvalue weighted by Gasteiger charge is -2.15. The van der Waals surface area contributed by atoms with Crippen LogP contribution < -0.4 is 5.73 Å². The van der Waals surface area contributed by atoms with Crippen LogP contribution in [-0.2, 0) is 19.6 Å². The van der Waals surface area contributed by atoms with Gasteiger partial charge in [-0.2, -0.15) is 5.26 Å². The maximum absolute atomic E-state index is 13.9. The van der Waals surface area contributed by atoms with Gasteiger partial charge in [0.15, 0.2) is 0 Å². The van der Waals surface area contributed by atoms with Crippen molar-refractivity contribution in [2.24, 2.45) is 0 Å². The number of hydrogen-bond donors (Lipinski definition) is 1. The summed E-state index contributed by atoms with van der Waals surface area (Å²) in [6.45, 7) is 2.11. The molecule has 0 spiro atoms. The molecule has 1 aliphatic rings. The molecular formula is C16H14FN3. The van der Waals surface area contributed by atoms with Gasteiger partial charge in [0.25, 0.3) is 0 Å². The predicted octanol–water partition coefficient (Wildman–Crippen LogP) is 2.80. The van der Waals surface area contributed by atoms with E-state index >= 15 is 0 Å². The van der Waals surface area contributed by atoms with Crippen LogP contribution in [0.2, 0.25) is 0 Å². The Morgan fingerprint density at radius 3 is 2.70 bits per heavy atom. The minimum Gasteiger partial charge on any atom is -0.399 e. The van der Waals surface area contributed by atoms with Crippen molar-refractivity contribution in [2.75, 3.05) is 5.73 Å².